The monoisotopic (exact) mass is 461 g/mol. The van der Waals surface area contributed by atoms with Crippen LogP contribution in [0.5, 0.6) is 5.75 Å². The van der Waals surface area contributed by atoms with Gasteiger partial charge >= 0.3 is 6.18 Å². The minimum absolute atomic E-state index is 0.184. The van der Waals surface area contributed by atoms with Gasteiger partial charge in [-0.1, -0.05) is 12.1 Å². The van der Waals surface area contributed by atoms with Crippen LogP contribution in [0.1, 0.15) is 11.4 Å². The van der Waals surface area contributed by atoms with Crippen molar-refractivity contribution >= 4 is 11.0 Å². The molecule has 0 spiro atoms. The van der Waals surface area contributed by atoms with Crippen molar-refractivity contribution in [3.8, 4) is 11.4 Å². The van der Waals surface area contributed by atoms with Gasteiger partial charge in [0.1, 0.15) is 37.2 Å². The molecule has 2 aromatic heterocycles. The lowest BCUT2D eigenvalue weighted by molar-refractivity contribution is -0.177. The summed E-state index contributed by atoms with van der Waals surface area (Å²) in [6, 6.07) is 13.9. The molecule has 0 aliphatic carbocycles. The minimum Gasteiger partial charge on any atom is -0.489 e. The van der Waals surface area contributed by atoms with Gasteiger partial charge in [-0.15, -0.1) is 0 Å². The molecule has 2 aromatic carbocycles. The summed E-state index contributed by atoms with van der Waals surface area (Å²) in [6.45, 7) is -1.46. The molecular formula is C23H19F4N3O3. The van der Waals surface area contributed by atoms with Crippen molar-refractivity contribution in [1.29, 1.82) is 0 Å². The molecule has 10 heteroatoms. The highest BCUT2D eigenvalue weighted by Gasteiger charge is 2.27. The number of aromatic nitrogens is 3. The largest absolute Gasteiger partial charge is 0.489 e. The van der Waals surface area contributed by atoms with Crippen molar-refractivity contribution in [2.24, 2.45) is 7.05 Å². The molecule has 0 bridgehead atoms. The number of halogens is 4. The molecule has 0 radical (unpaired) electrons. The van der Waals surface area contributed by atoms with Crippen molar-refractivity contribution in [3.63, 3.8) is 0 Å². The first-order chi connectivity index (χ1) is 15.7. The first-order valence-corrected chi connectivity index (χ1v) is 9.90. The number of hydrogen-bond acceptors (Lipinski definition) is 4. The number of imidazole rings is 1. The van der Waals surface area contributed by atoms with E-state index < -0.39 is 12.8 Å². The van der Waals surface area contributed by atoms with Crippen molar-refractivity contribution in [1.82, 2.24) is 14.1 Å². The Bertz CT molecular complexity index is 1330. The maximum Gasteiger partial charge on any atom is 0.411 e. The van der Waals surface area contributed by atoms with E-state index in [1.807, 2.05) is 0 Å². The van der Waals surface area contributed by atoms with Crippen LogP contribution in [0.3, 0.4) is 0 Å². The van der Waals surface area contributed by atoms with Gasteiger partial charge < -0.3 is 14.0 Å². The maximum atomic E-state index is 13.0. The Balaban J connectivity index is 1.51. The quantitative estimate of drug-likeness (QED) is 0.380. The van der Waals surface area contributed by atoms with Crippen LogP contribution in [-0.2, 0) is 25.0 Å². The van der Waals surface area contributed by atoms with E-state index in [9.17, 15) is 22.4 Å². The molecule has 0 fully saturated rings. The number of nitrogens with zero attached hydrogens (tertiary/aromatic N) is 3. The van der Waals surface area contributed by atoms with Crippen LogP contribution in [0.4, 0.5) is 17.6 Å². The molecular weight excluding hydrogens is 442 g/mol. The fourth-order valence-corrected chi connectivity index (χ4v) is 3.28. The second-order valence-electron chi connectivity index (χ2n) is 7.35. The third-order valence-electron chi connectivity index (χ3n) is 4.94. The highest BCUT2D eigenvalue weighted by Crippen LogP contribution is 2.21. The Morgan fingerprint density at radius 1 is 1.00 bits per heavy atom. The smallest absolute Gasteiger partial charge is 0.411 e. The summed E-state index contributed by atoms with van der Waals surface area (Å²) in [5.74, 6) is 0.363. The average molecular weight is 461 g/mol. The Morgan fingerprint density at radius 2 is 1.76 bits per heavy atom. The van der Waals surface area contributed by atoms with Gasteiger partial charge in [-0.2, -0.15) is 13.2 Å². The van der Waals surface area contributed by atoms with E-state index in [0.29, 0.717) is 28.3 Å². The molecule has 4 rings (SSSR count). The van der Waals surface area contributed by atoms with Crippen LogP contribution in [0, 0.1) is 5.82 Å². The Kier molecular flexibility index (Phi) is 6.19. The third kappa shape index (κ3) is 5.40. The molecule has 0 saturated heterocycles. The van der Waals surface area contributed by atoms with Crippen molar-refractivity contribution in [3.05, 3.63) is 88.4 Å². The number of aryl methyl sites for hydroxylation is 1. The number of fused-ring (bicyclic) bond motifs is 1. The maximum absolute atomic E-state index is 13.0. The van der Waals surface area contributed by atoms with Gasteiger partial charge in [0.2, 0.25) is 0 Å². The average Bonchev–Trinajstić information content (AvgIpc) is 3.07. The van der Waals surface area contributed by atoms with E-state index >= 15 is 0 Å². The lowest BCUT2D eigenvalue weighted by atomic mass is 10.2. The van der Waals surface area contributed by atoms with Crippen LogP contribution in [-0.4, -0.2) is 26.9 Å². The third-order valence-corrected chi connectivity index (χ3v) is 4.94. The minimum atomic E-state index is -4.41. The number of benzene rings is 2. The molecule has 2 heterocycles. The van der Waals surface area contributed by atoms with E-state index in [1.165, 1.54) is 22.8 Å². The van der Waals surface area contributed by atoms with E-state index in [2.05, 4.69) is 4.98 Å². The van der Waals surface area contributed by atoms with Crippen LogP contribution in [0.15, 0.2) is 65.6 Å². The number of alkyl halides is 3. The molecule has 172 valence electrons. The zero-order valence-corrected chi connectivity index (χ0v) is 17.5. The number of pyridine rings is 1. The Hall–Kier alpha value is -3.66. The van der Waals surface area contributed by atoms with Gasteiger partial charge in [0.05, 0.1) is 16.7 Å². The van der Waals surface area contributed by atoms with Crippen molar-refractivity contribution in [2.45, 2.75) is 19.4 Å². The molecule has 6 nitrogen and oxygen atoms in total. The summed E-state index contributed by atoms with van der Waals surface area (Å²) >= 11 is 0. The van der Waals surface area contributed by atoms with Gasteiger partial charge in [-0.05, 0) is 42.0 Å². The van der Waals surface area contributed by atoms with Gasteiger partial charge in [0.15, 0.2) is 0 Å². The van der Waals surface area contributed by atoms with E-state index in [1.54, 1.807) is 54.2 Å². The molecule has 33 heavy (non-hydrogen) atoms. The second kappa shape index (κ2) is 9.07. The first kappa shape index (κ1) is 22.5. The fraction of sp³-hybridized carbons (Fsp3) is 0.217. The predicted molar refractivity (Wildman–Crippen MR) is 113 cm³/mol. The second-order valence-corrected chi connectivity index (χ2v) is 7.35. The Morgan fingerprint density at radius 3 is 2.45 bits per heavy atom. The van der Waals surface area contributed by atoms with Crippen LogP contribution < -0.4 is 10.3 Å². The van der Waals surface area contributed by atoms with E-state index in [-0.39, 0.29) is 24.6 Å². The summed E-state index contributed by atoms with van der Waals surface area (Å²) in [4.78, 5) is 16.9. The number of ether oxygens (including phenoxy) is 2. The first-order valence-electron chi connectivity index (χ1n) is 9.90. The summed E-state index contributed by atoms with van der Waals surface area (Å²) in [5, 5.41) is 0. The Labute approximate surface area is 185 Å². The number of hydrogen-bond donors (Lipinski definition) is 0. The molecule has 0 aliphatic heterocycles. The summed E-state index contributed by atoms with van der Waals surface area (Å²) < 4.78 is 63.3. The van der Waals surface area contributed by atoms with Gasteiger partial charge in [-0.25, -0.2) is 9.37 Å². The van der Waals surface area contributed by atoms with Gasteiger partial charge in [0.25, 0.3) is 5.56 Å². The molecule has 4 aromatic rings. The van der Waals surface area contributed by atoms with E-state index in [0.717, 1.165) is 5.56 Å². The molecule has 0 saturated carbocycles. The molecule has 0 amide bonds. The number of rotatable bonds is 7. The normalized spacial score (nSPS) is 11.8. The SMILES string of the molecule is Cn1c(COCC(F)(F)F)nc2ccc(-n3ccc(OCc4ccc(F)cc4)cc3=O)cc21. The highest BCUT2D eigenvalue weighted by molar-refractivity contribution is 5.78. The standard InChI is InChI=1S/C23H19F4N3O3/c1-29-20-10-17(6-7-19(20)28-21(29)13-32-14-23(25,26)27)30-9-8-18(11-22(30)31)33-12-15-2-4-16(24)5-3-15/h2-11H,12-14H2,1H3. The molecule has 0 N–H and O–H groups in total. The van der Waals surface area contributed by atoms with Crippen LogP contribution in [0.25, 0.3) is 16.7 Å². The zero-order chi connectivity index (χ0) is 23.6. The summed E-state index contributed by atoms with van der Waals surface area (Å²) in [7, 11) is 1.67. The highest BCUT2D eigenvalue weighted by atomic mass is 19.4. The predicted octanol–water partition coefficient (Wildman–Crippen LogP) is 4.52. The zero-order valence-electron chi connectivity index (χ0n) is 17.5. The lowest BCUT2D eigenvalue weighted by Gasteiger charge is -2.10. The molecule has 0 unspecified atom stereocenters. The summed E-state index contributed by atoms with van der Waals surface area (Å²) in [5.41, 5.74) is 2.20. The molecule has 0 atom stereocenters. The van der Waals surface area contributed by atoms with Crippen molar-refractivity contribution in [2.75, 3.05) is 6.61 Å². The topological polar surface area (TPSA) is 58.3 Å². The van der Waals surface area contributed by atoms with Crippen LogP contribution in [0.2, 0.25) is 0 Å². The summed E-state index contributed by atoms with van der Waals surface area (Å²) in [6.07, 6.45) is -2.85. The molecule has 0 aliphatic rings. The van der Waals surface area contributed by atoms with Crippen molar-refractivity contribution < 1.29 is 27.0 Å². The van der Waals surface area contributed by atoms with Crippen LogP contribution >= 0.6 is 0 Å². The van der Waals surface area contributed by atoms with Gasteiger partial charge in [-0.3, -0.25) is 9.36 Å². The van der Waals surface area contributed by atoms with Gasteiger partial charge in [0, 0.05) is 19.3 Å². The fourth-order valence-electron chi connectivity index (χ4n) is 3.28. The lowest BCUT2D eigenvalue weighted by Crippen LogP contribution is -2.17. The van der Waals surface area contributed by atoms with E-state index in [4.69, 9.17) is 9.47 Å².